The van der Waals surface area contributed by atoms with Crippen LogP contribution in [0.1, 0.15) is 23.0 Å². The van der Waals surface area contributed by atoms with Gasteiger partial charge in [-0.25, -0.2) is 0 Å². The first-order valence-electron chi connectivity index (χ1n) is 10.8. The summed E-state index contributed by atoms with van der Waals surface area (Å²) >= 11 is 0. The van der Waals surface area contributed by atoms with E-state index >= 15 is 0 Å². The van der Waals surface area contributed by atoms with Gasteiger partial charge in [-0.3, -0.25) is 9.59 Å². The lowest BCUT2D eigenvalue weighted by Crippen LogP contribution is -2.25. The van der Waals surface area contributed by atoms with Gasteiger partial charge in [-0.15, -0.1) is 0 Å². The van der Waals surface area contributed by atoms with Crippen LogP contribution in [0.2, 0.25) is 0 Å². The van der Waals surface area contributed by atoms with E-state index in [9.17, 15) is 14.7 Å². The molecule has 1 amide bonds. The van der Waals surface area contributed by atoms with Gasteiger partial charge in [0.15, 0.2) is 11.4 Å². The van der Waals surface area contributed by atoms with Gasteiger partial charge >= 0.3 is 0 Å². The van der Waals surface area contributed by atoms with Crippen LogP contribution in [-0.4, -0.2) is 32.9 Å². The number of nitrogens with zero attached hydrogens (tertiary/aromatic N) is 2. The molecule has 5 rings (SSSR count). The Morgan fingerprint density at radius 3 is 2.71 bits per heavy atom. The first kappa shape index (κ1) is 21.3. The Bertz CT molecular complexity index is 1620. The zero-order valence-electron chi connectivity index (χ0n) is 18.6. The van der Waals surface area contributed by atoms with Crippen molar-refractivity contribution in [1.82, 2.24) is 14.8 Å². The van der Waals surface area contributed by atoms with Gasteiger partial charge in [0.25, 0.3) is 11.5 Å². The van der Waals surface area contributed by atoms with Crippen LogP contribution < -0.4 is 15.6 Å². The number of para-hydroxylation sites is 3. The van der Waals surface area contributed by atoms with E-state index in [0.29, 0.717) is 17.1 Å². The van der Waals surface area contributed by atoms with Crippen LogP contribution in [-0.2, 0) is 6.42 Å². The summed E-state index contributed by atoms with van der Waals surface area (Å²) in [4.78, 5) is 28.9. The second-order valence-electron chi connectivity index (χ2n) is 7.83. The van der Waals surface area contributed by atoms with E-state index in [1.54, 1.807) is 30.3 Å². The number of benzene rings is 3. The third-order valence-corrected chi connectivity index (χ3v) is 5.80. The average molecular weight is 454 g/mol. The number of fused-ring (bicyclic) bond motifs is 3. The number of methoxy groups -OCH3 is 1. The Morgan fingerprint density at radius 1 is 1.09 bits per heavy atom. The van der Waals surface area contributed by atoms with Crippen molar-refractivity contribution in [3.05, 3.63) is 88.3 Å². The van der Waals surface area contributed by atoms with Gasteiger partial charge in [0.1, 0.15) is 11.4 Å². The largest absolute Gasteiger partial charge is 0.505 e. The Kier molecular flexibility index (Phi) is 5.25. The zero-order chi connectivity index (χ0) is 23.8. The van der Waals surface area contributed by atoms with Crippen molar-refractivity contribution >= 4 is 33.4 Å². The molecular formula is C26H22N4O4. The Hall–Kier alpha value is -4.59. The molecule has 8 nitrogen and oxygen atoms in total. The lowest BCUT2D eigenvalue weighted by molar-refractivity contribution is 0.101. The third kappa shape index (κ3) is 3.55. The van der Waals surface area contributed by atoms with Crippen molar-refractivity contribution in [2.45, 2.75) is 13.3 Å². The molecule has 0 aliphatic heterocycles. The van der Waals surface area contributed by atoms with E-state index in [4.69, 9.17) is 4.74 Å². The predicted molar refractivity (Wildman–Crippen MR) is 131 cm³/mol. The lowest BCUT2D eigenvalue weighted by atomic mass is 10.1. The number of aromatic hydroxyl groups is 1. The smallest absolute Gasteiger partial charge is 0.279 e. The zero-order valence-corrected chi connectivity index (χ0v) is 18.6. The van der Waals surface area contributed by atoms with E-state index in [2.05, 4.69) is 34.5 Å². The highest BCUT2D eigenvalue weighted by atomic mass is 16.5. The second kappa shape index (κ2) is 8.40. The summed E-state index contributed by atoms with van der Waals surface area (Å²) in [6, 6.07) is 19.5. The van der Waals surface area contributed by atoms with Crippen molar-refractivity contribution in [3.63, 3.8) is 0 Å². The number of rotatable bonds is 5. The maximum absolute atomic E-state index is 13.0. The molecule has 0 fully saturated rings. The van der Waals surface area contributed by atoms with E-state index in [1.165, 1.54) is 12.7 Å². The standard InChI is InChI=1S/C26H22N4O4/c1-3-15-7-6-8-18-17-12-11-16(13-19(17)28-24(15)18)27-26(33)25-21(31)14-23(32)30(29-25)20-9-4-5-10-22(20)34-2/h4-14,28,31H,3H2,1-2H3,(H,27,33). The Balaban J connectivity index is 1.52. The molecule has 0 saturated carbocycles. The highest BCUT2D eigenvalue weighted by Gasteiger charge is 2.19. The van der Waals surface area contributed by atoms with E-state index < -0.39 is 17.2 Å². The third-order valence-electron chi connectivity index (χ3n) is 5.80. The molecule has 170 valence electrons. The van der Waals surface area contributed by atoms with E-state index in [1.807, 2.05) is 18.2 Å². The molecule has 0 unspecified atom stereocenters. The Labute approximate surface area is 194 Å². The minimum absolute atomic E-state index is 0.282. The number of H-pyrrole nitrogens is 1. The number of carbonyl (C=O) groups excluding carboxylic acids is 1. The summed E-state index contributed by atoms with van der Waals surface area (Å²) in [5.41, 5.74) is 3.18. The number of aromatic amines is 1. The topological polar surface area (TPSA) is 109 Å². The predicted octanol–water partition coefficient (Wildman–Crippen LogP) is 4.40. The molecule has 34 heavy (non-hydrogen) atoms. The highest BCUT2D eigenvalue weighted by molar-refractivity contribution is 6.10. The second-order valence-corrected chi connectivity index (χ2v) is 7.83. The number of nitrogens with one attached hydrogen (secondary N) is 2. The molecular weight excluding hydrogens is 432 g/mol. The Morgan fingerprint density at radius 2 is 1.91 bits per heavy atom. The van der Waals surface area contributed by atoms with Gasteiger partial charge in [0, 0.05) is 33.6 Å². The number of hydrogen-bond donors (Lipinski definition) is 3. The maximum atomic E-state index is 13.0. The lowest BCUT2D eigenvalue weighted by Gasteiger charge is -2.12. The molecule has 0 spiro atoms. The molecule has 0 aliphatic rings. The molecule has 5 aromatic rings. The summed E-state index contributed by atoms with van der Waals surface area (Å²) in [5.74, 6) is -0.747. The minimum Gasteiger partial charge on any atom is -0.505 e. The minimum atomic E-state index is -0.647. The van der Waals surface area contributed by atoms with Gasteiger partial charge < -0.3 is 20.1 Å². The van der Waals surface area contributed by atoms with Crippen molar-refractivity contribution in [3.8, 4) is 17.2 Å². The van der Waals surface area contributed by atoms with Crippen LogP contribution in [0.5, 0.6) is 11.5 Å². The van der Waals surface area contributed by atoms with E-state index in [0.717, 1.165) is 39.0 Å². The molecule has 8 heteroatoms. The summed E-state index contributed by atoms with van der Waals surface area (Å²) in [6.07, 6.45) is 0.903. The fraction of sp³-hybridized carbons (Fsp3) is 0.115. The fourth-order valence-electron chi connectivity index (χ4n) is 4.14. The van der Waals surface area contributed by atoms with Crippen molar-refractivity contribution in [2.75, 3.05) is 12.4 Å². The molecule has 3 aromatic carbocycles. The number of aromatic nitrogens is 3. The number of anilines is 1. The van der Waals surface area contributed by atoms with Gasteiger partial charge in [-0.1, -0.05) is 43.3 Å². The molecule has 2 heterocycles. The monoisotopic (exact) mass is 454 g/mol. The molecule has 0 radical (unpaired) electrons. The highest BCUT2D eigenvalue weighted by Crippen LogP contribution is 2.30. The van der Waals surface area contributed by atoms with Crippen molar-refractivity contribution in [2.24, 2.45) is 0 Å². The van der Waals surface area contributed by atoms with Crippen LogP contribution in [0.15, 0.2) is 71.5 Å². The number of aryl methyl sites for hydroxylation is 1. The summed E-state index contributed by atoms with van der Waals surface area (Å²) < 4.78 is 6.33. The molecule has 0 aliphatic carbocycles. The van der Waals surface area contributed by atoms with Gasteiger partial charge in [-0.05, 0) is 36.2 Å². The number of carbonyl (C=O) groups is 1. The normalized spacial score (nSPS) is 11.1. The number of ether oxygens (including phenoxy) is 1. The molecule has 0 atom stereocenters. The summed E-state index contributed by atoms with van der Waals surface area (Å²) in [6.45, 7) is 2.11. The van der Waals surface area contributed by atoms with Crippen LogP contribution in [0.3, 0.4) is 0 Å². The quantitative estimate of drug-likeness (QED) is 0.365. The van der Waals surface area contributed by atoms with E-state index in [-0.39, 0.29) is 5.69 Å². The van der Waals surface area contributed by atoms with Crippen LogP contribution in [0.25, 0.3) is 27.5 Å². The molecule has 0 saturated heterocycles. The van der Waals surface area contributed by atoms with Crippen LogP contribution in [0, 0.1) is 0 Å². The average Bonchev–Trinajstić information content (AvgIpc) is 3.22. The molecule has 2 aromatic heterocycles. The fourth-order valence-corrected chi connectivity index (χ4v) is 4.14. The molecule has 3 N–H and O–H groups in total. The summed E-state index contributed by atoms with van der Waals surface area (Å²) in [5, 5.41) is 19.3. The first-order chi connectivity index (χ1) is 16.5. The number of amides is 1. The maximum Gasteiger partial charge on any atom is 0.279 e. The summed E-state index contributed by atoms with van der Waals surface area (Å²) in [7, 11) is 1.47. The number of hydrogen-bond acceptors (Lipinski definition) is 5. The van der Waals surface area contributed by atoms with Gasteiger partial charge in [-0.2, -0.15) is 9.78 Å². The van der Waals surface area contributed by atoms with Crippen molar-refractivity contribution < 1.29 is 14.6 Å². The van der Waals surface area contributed by atoms with Crippen molar-refractivity contribution in [1.29, 1.82) is 0 Å². The van der Waals surface area contributed by atoms with Gasteiger partial charge in [0.2, 0.25) is 0 Å². The van der Waals surface area contributed by atoms with Crippen LogP contribution >= 0.6 is 0 Å². The SMILES string of the molecule is CCc1cccc2c1[nH]c1cc(NC(=O)c3nn(-c4ccccc4OC)c(=O)cc3O)ccc12. The molecule has 0 bridgehead atoms. The first-order valence-corrected chi connectivity index (χ1v) is 10.8. The van der Waals surface area contributed by atoms with Crippen LogP contribution in [0.4, 0.5) is 5.69 Å². The van der Waals surface area contributed by atoms with Gasteiger partial charge in [0.05, 0.1) is 7.11 Å².